The lowest BCUT2D eigenvalue weighted by molar-refractivity contribution is 0.0285. The van der Waals surface area contributed by atoms with Crippen molar-refractivity contribution in [2.45, 2.75) is 70.6 Å². The fourth-order valence-electron chi connectivity index (χ4n) is 4.78. The van der Waals surface area contributed by atoms with Gasteiger partial charge in [-0.1, -0.05) is 0 Å². The molecule has 1 amide bonds. The molecule has 0 spiro atoms. The number of nitrogens with one attached hydrogen (secondary N) is 1. The minimum atomic E-state index is -0.585. The van der Waals surface area contributed by atoms with Gasteiger partial charge >= 0.3 is 0 Å². The van der Waals surface area contributed by atoms with Crippen molar-refractivity contribution in [3.63, 3.8) is 0 Å². The molecule has 2 N–H and O–H groups in total. The number of amides is 1. The van der Waals surface area contributed by atoms with E-state index >= 15 is 0 Å². The van der Waals surface area contributed by atoms with Crippen LogP contribution in [-0.4, -0.2) is 42.9 Å². The molecule has 168 valence electrons. The molecule has 1 unspecified atom stereocenters. The van der Waals surface area contributed by atoms with Gasteiger partial charge in [-0.25, -0.2) is 15.0 Å². The minimum absolute atomic E-state index is 0.115. The number of pyridine rings is 1. The summed E-state index contributed by atoms with van der Waals surface area (Å²) in [7, 11) is 0. The van der Waals surface area contributed by atoms with Gasteiger partial charge in [0, 0.05) is 23.7 Å². The number of aromatic nitrogens is 3. The number of nitrogens with zero attached hydrogens (tertiary/aromatic N) is 4. The van der Waals surface area contributed by atoms with E-state index in [4.69, 9.17) is 0 Å². The Labute approximate surface area is 195 Å². The van der Waals surface area contributed by atoms with Crippen LogP contribution >= 0.6 is 22.7 Å². The second-order valence-corrected chi connectivity index (χ2v) is 10.5. The number of carbonyl (C=O) groups is 1. The van der Waals surface area contributed by atoms with Gasteiger partial charge in [0.2, 0.25) is 0 Å². The molecule has 2 aliphatic rings. The van der Waals surface area contributed by atoms with E-state index in [1.54, 1.807) is 13.1 Å². The van der Waals surface area contributed by atoms with E-state index in [1.807, 2.05) is 24.4 Å². The number of aliphatic hydroxyl groups excluding tert-OH is 1. The summed E-state index contributed by atoms with van der Waals surface area (Å²) in [6.07, 6.45) is 8.05. The van der Waals surface area contributed by atoms with Crippen molar-refractivity contribution in [2.75, 3.05) is 5.32 Å². The lowest BCUT2D eigenvalue weighted by Gasteiger charge is -2.46. The maximum Gasteiger partial charge on any atom is 0.255 e. The quantitative estimate of drug-likeness (QED) is 0.526. The lowest BCUT2D eigenvalue weighted by atomic mass is 9.84. The Morgan fingerprint density at radius 2 is 1.91 bits per heavy atom. The predicted octanol–water partition coefficient (Wildman–Crippen LogP) is 5.31. The second-order valence-electron chi connectivity index (χ2n) is 8.62. The third-order valence-electron chi connectivity index (χ3n) is 6.32. The topological polar surface area (TPSA) is 91.2 Å². The van der Waals surface area contributed by atoms with Gasteiger partial charge < -0.3 is 15.3 Å². The highest BCUT2D eigenvalue weighted by Gasteiger charge is 2.37. The van der Waals surface area contributed by atoms with Gasteiger partial charge in [-0.3, -0.25) is 4.79 Å². The Morgan fingerprint density at radius 1 is 1.19 bits per heavy atom. The molecule has 0 aliphatic carbocycles. The maximum atomic E-state index is 13.2. The van der Waals surface area contributed by atoms with Crippen molar-refractivity contribution in [2.24, 2.45) is 0 Å². The number of aliphatic hydroxyl groups is 1. The standard InChI is InChI=1S/C23H27N5O2S2/c1-13-20(32-21(25-13)14(2)29)18-12-31-23(26-18)27-19-10-9-15(11-24-19)22(30)28-16-5-3-6-17(28)8-4-7-16/h9-12,14,16-17,29H,3-8H2,1-2H3,(H,24,26,27). The Bertz CT molecular complexity index is 1090. The number of thiazole rings is 2. The fraction of sp³-hybridized carbons (Fsp3) is 0.478. The molecule has 5 rings (SSSR count). The fourth-order valence-corrected chi connectivity index (χ4v) is 6.52. The highest BCUT2D eigenvalue weighted by atomic mass is 32.1. The van der Waals surface area contributed by atoms with E-state index in [-0.39, 0.29) is 5.91 Å². The summed E-state index contributed by atoms with van der Waals surface area (Å²) < 4.78 is 0. The molecule has 2 fully saturated rings. The molecule has 7 nitrogen and oxygen atoms in total. The van der Waals surface area contributed by atoms with Crippen LogP contribution in [0.4, 0.5) is 10.9 Å². The molecule has 2 bridgehead atoms. The normalized spacial score (nSPS) is 21.4. The highest BCUT2D eigenvalue weighted by Crippen LogP contribution is 2.36. The van der Waals surface area contributed by atoms with Gasteiger partial charge in [0.05, 0.1) is 21.8 Å². The summed E-state index contributed by atoms with van der Waals surface area (Å²) in [6.45, 7) is 3.64. The van der Waals surface area contributed by atoms with Gasteiger partial charge in [0.15, 0.2) is 5.13 Å². The summed E-state index contributed by atoms with van der Waals surface area (Å²) in [4.78, 5) is 29.8. The van der Waals surface area contributed by atoms with Crippen LogP contribution in [0, 0.1) is 6.92 Å². The second kappa shape index (κ2) is 8.88. The largest absolute Gasteiger partial charge is 0.386 e. The van der Waals surface area contributed by atoms with E-state index in [2.05, 4.69) is 25.2 Å². The highest BCUT2D eigenvalue weighted by molar-refractivity contribution is 7.17. The third-order valence-corrected chi connectivity index (χ3v) is 8.43. The van der Waals surface area contributed by atoms with Crippen LogP contribution in [0.2, 0.25) is 0 Å². The van der Waals surface area contributed by atoms with Crippen molar-refractivity contribution < 1.29 is 9.90 Å². The molecule has 5 heterocycles. The zero-order valence-electron chi connectivity index (χ0n) is 18.2. The summed E-state index contributed by atoms with van der Waals surface area (Å²) in [5, 5.41) is 16.4. The van der Waals surface area contributed by atoms with Gasteiger partial charge in [0.25, 0.3) is 5.91 Å². The molecule has 0 saturated carbocycles. The first-order valence-corrected chi connectivity index (χ1v) is 12.9. The van der Waals surface area contributed by atoms with Crippen molar-refractivity contribution in [3.8, 4) is 10.6 Å². The summed E-state index contributed by atoms with van der Waals surface area (Å²) >= 11 is 2.95. The van der Waals surface area contributed by atoms with Crippen LogP contribution in [-0.2, 0) is 0 Å². The van der Waals surface area contributed by atoms with Crippen LogP contribution in [0.3, 0.4) is 0 Å². The lowest BCUT2D eigenvalue weighted by Crippen LogP contribution is -2.52. The summed E-state index contributed by atoms with van der Waals surface area (Å²) in [6, 6.07) is 4.49. The van der Waals surface area contributed by atoms with Gasteiger partial charge in [0.1, 0.15) is 16.9 Å². The molecule has 3 aromatic rings. The average molecular weight is 470 g/mol. The van der Waals surface area contributed by atoms with E-state index < -0.39 is 6.10 Å². The molecule has 2 saturated heterocycles. The maximum absolute atomic E-state index is 13.2. The Hall–Kier alpha value is -2.36. The molecule has 0 aromatic carbocycles. The van der Waals surface area contributed by atoms with Crippen LogP contribution in [0.15, 0.2) is 23.7 Å². The summed E-state index contributed by atoms with van der Waals surface area (Å²) in [5.74, 6) is 0.775. The molecular formula is C23H27N5O2S2. The minimum Gasteiger partial charge on any atom is -0.386 e. The SMILES string of the molecule is Cc1nc(C(C)O)sc1-c1csc(Nc2ccc(C(=O)N3C4CCCC3CCC4)cn2)n1. The van der Waals surface area contributed by atoms with Crippen molar-refractivity contribution in [3.05, 3.63) is 40.0 Å². The van der Waals surface area contributed by atoms with Gasteiger partial charge in [-0.2, -0.15) is 0 Å². The molecule has 32 heavy (non-hydrogen) atoms. The molecule has 9 heteroatoms. The van der Waals surface area contributed by atoms with E-state index in [9.17, 15) is 9.90 Å². The average Bonchev–Trinajstić information content (AvgIpc) is 3.39. The van der Waals surface area contributed by atoms with Crippen LogP contribution in [0.25, 0.3) is 10.6 Å². The number of carbonyl (C=O) groups excluding carboxylic acids is 1. The first-order chi connectivity index (χ1) is 15.5. The number of hydrogen-bond donors (Lipinski definition) is 2. The Morgan fingerprint density at radius 3 is 2.50 bits per heavy atom. The van der Waals surface area contributed by atoms with Gasteiger partial charge in [-0.15, -0.1) is 22.7 Å². The molecule has 3 aromatic heterocycles. The first-order valence-electron chi connectivity index (χ1n) is 11.2. The number of fused-ring (bicyclic) bond motifs is 2. The smallest absolute Gasteiger partial charge is 0.255 e. The number of anilines is 2. The number of hydrogen-bond acceptors (Lipinski definition) is 8. The molecule has 2 aliphatic heterocycles. The Kier molecular flexibility index (Phi) is 5.96. The van der Waals surface area contributed by atoms with Crippen LogP contribution < -0.4 is 5.32 Å². The zero-order valence-corrected chi connectivity index (χ0v) is 19.9. The van der Waals surface area contributed by atoms with Crippen molar-refractivity contribution >= 4 is 39.5 Å². The van der Waals surface area contributed by atoms with Crippen LogP contribution in [0.1, 0.15) is 72.6 Å². The number of piperidine rings is 2. The molecule has 1 atom stereocenters. The predicted molar refractivity (Wildman–Crippen MR) is 128 cm³/mol. The Balaban J connectivity index is 1.28. The van der Waals surface area contributed by atoms with E-state index in [0.717, 1.165) is 47.1 Å². The van der Waals surface area contributed by atoms with Crippen molar-refractivity contribution in [1.82, 2.24) is 19.9 Å². The van der Waals surface area contributed by atoms with E-state index in [1.165, 1.54) is 35.5 Å². The molecular weight excluding hydrogens is 442 g/mol. The molecule has 0 radical (unpaired) electrons. The number of rotatable bonds is 5. The third kappa shape index (κ3) is 4.16. The monoisotopic (exact) mass is 469 g/mol. The van der Waals surface area contributed by atoms with Crippen molar-refractivity contribution in [1.29, 1.82) is 0 Å². The first kappa shape index (κ1) is 21.5. The number of aryl methyl sites for hydroxylation is 1. The summed E-state index contributed by atoms with van der Waals surface area (Å²) in [5.41, 5.74) is 2.36. The van der Waals surface area contributed by atoms with E-state index in [0.29, 0.717) is 28.5 Å². The zero-order chi connectivity index (χ0) is 22.2. The van der Waals surface area contributed by atoms with Crippen LogP contribution in [0.5, 0.6) is 0 Å². The van der Waals surface area contributed by atoms with Gasteiger partial charge in [-0.05, 0) is 64.5 Å².